The Hall–Kier alpha value is -1.25. The number of halogens is 5. The SMILES string of the molecule is COCCCC(NN)c1c(F)c(F)c(F)c(F)c1F. The molecule has 0 bridgehead atoms. The Kier molecular flexibility index (Phi) is 5.64. The molecule has 1 aromatic carbocycles. The lowest BCUT2D eigenvalue weighted by Crippen LogP contribution is -2.30. The molecule has 1 atom stereocenters. The van der Waals surface area contributed by atoms with E-state index in [1.54, 1.807) is 0 Å². The highest BCUT2D eigenvalue weighted by Gasteiger charge is 2.29. The summed E-state index contributed by atoms with van der Waals surface area (Å²) in [4.78, 5) is 0. The van der Waals surface area contributed by atoms with Crippen molar-refractivity contribution in [2.24, 2.45) is 5.84 Å². The van der Waals surface area contributed by atoms with E-state index in [1.165, 1.54) is 7.11 Å². The van der Waals surface area contributed by atoms with E-state index >= 15 is 0 Å². The summed E-state index contributed by atoms with van der Waals surface area (Å²) in [5, 5.41) is 0. The average Bonchev–Trinajstić information content (AvgIpc) is 2.41. The molecule has 108 valence electrons. The predicted molar refractivity (Wildman–Crippen MR) is 57.4 cm³/mol. The van der Waals surface area contributed by atoms with Crippen LogP contribution in [0, 0.1) is 29.1 Å². The minimum Gasteiger partial charge on any atom is -0.385 e. The minimum absolute atomic E-state index is 0.0582. The Morgan fingerprint density at radius 3 is 1.89 bits per heavy atom. The first kappa shape index (κ1) is 15.8. The number of rotatable bonds is 6. The van der Waals surface area contributed by atoms with Gasteiger partial charge in [0.25, 0.3) is 0 Å². The minimum atomic E-state index is -2.19. The maximum atomic E-state index is 13.5. The van der Waals surface area contributed by atoms with Crippen LogP contribution >= 0.6 is 0 Å². The number of ether oxygens (including phenoxy) is 1. The molecule has 0 radical (unpaired) electrons. The van der Waals surface area contributed by atoms with Gasteiger partial charge in [-0.2, -0.15) is 0 Å². The lowest BCUT2D eigenvalue weighted by molar-refractivity contribution is 0.188. The lowest BCUT2D eigenvalue weighted by atomic mass is 10.0. The van der Waals surface area contributed by atoms with Crippen LogP contribution in [-0.4, -0.2) is 13.7 Å². The molecule has 0 heterocycles. The van der Waals surface area contributed by atoms with Gasteiger partial charge in [0.15, 0.2) is 23.3 Å². The van der Waals surface area contributed by atoms with Crippen molar-refractivity contribution in [2.75, 3.05) is 13.7 Å². The maximum absolute atomic E-state index is 13.5. The first-order valence-electron chi connectivity index (χ1n) is 5.42. The number of methoxy groups -OCH3 is 1. The third kappa shape index (κ3) is 3.20. The van der Waals surface area contributed by atoms with Gasteiger partial charge in [0, 0.05) is 19.3 Å². The van der Waals surface area contributed by atoms with Crippen LogP contribution in [0.5, 0.6) is 0 Å². The fourth-order valence-corrected chi connectivity index (χ4v) is 1.67. The van der Waals surface area contributed by atoms with Crippen molar-refractivity contribution in [1.82, 2.24) is 5.43 Å². The predicted octanol–water partition coefficient (Wildman–Crippen LogP) is 2.31. The van der Waals surface area contributed by atoms with Crippen molar-refractivity contribution in [3.05, 3.63) is 34.6 Å². The summed E-state index contributed by atoms with van der Waals surface area (Å²) in [7, 11) is 1.42. The van der Waals surface area contributed by atoms with Gasteiger partial charge in [-0.25, -0.2) is 22.0 Å². The monoisotopic (exact) mass is 284 g/mol. The van der Waals surface area contributed by atoms with Crippen LogP contribution in [0.4, 0.5) is 22.0 Å². The van der Waals surface area contributed by atoms with Gasteiger partial charge in [-0.05, 0) is 12.8 Å². The van der Waals surface area contributed by atoms with E-state index in [0.717, 1.165) is 0 Å². The molecule has 0 amide bonds. The second-order valence-corrected chi connectivity index (χ2v) is 3.84. The topological polar surface area (TPSA) is 47.3 Å². The third-order valence-corrected chi connectivity index (χ3v) is 2.63. The zero-order chi connectivity index (χ0) is 14.6. The highest BCUT2D eigenvalue weighted by Crippen LogP contribution is 2.29. The van der Waals surface area contributed by atoms with E-state index < -0.39 is 40.7 Å². The average molecular weight is 284 g/mol. The standard InChI is InChI=1S/C11H13F5N2O/c1-19-4-2-3-5(18-17)6-7(12)9(14)11(16)10(15)8(6)13/h5,18H,2-4,17H2,1H3. The Labute approximate surface area is 106 Å². The summed E-state index contributed by atoms with van der Waals surface area (Å²) in [5.74, 6) is -4.81. The molecule has 0 aromatic heterocycles. The molecule has 1 unspecified atom stereocenters. The molecule has 0 aliphatic rings. The highest BCUT2D eigenvalue weighted by molar-refractivity contribution is 5.27. The smallest absolute Gasteiger partial charge is 0.200 e. The molecule has 3 N–H and O–H groups in total. The van der Waals surface area contributed by atoms with Crippen LogP contribution in [0.3, 0.4) is 0 Å². The van der Waals surface area contributed by atoms with E-state index in [2.05, 4.69) is 0 Å². The van der Waals surface area contributed by atoms with Crippen LogP contribution in [0.15, 0.2) is 0 Å². The second kappa shape index (κ2) is 6.78. The van der Waals surface area contributed by atoms with Crippen molar-refractivity contribution in [3.8, 4) is 0 Å². The lowest BCUT2D eigenvalue weighted by Gasteiger charge is -2.18. The fraction of sp³-hybridized carbons (Fsp3) is 0.455. The summed E-state index contributed by atoms with van der Waals surface area (Å²) in [6.07, 6.45) is 0.396. The van der Waals surface area contributed by atoms with E-state index in [4.69, 9.17) is 10.6 Å². The Morgan fingerprint density at radius 2 is 1.47 bits per heavy atom. The number of nitrogens with two attached hydrogens (primary N) is 1. The molecular weight excluding hydrogens is 271 g/mol. The molecular formula is C11H13F5N2O. The summed E-state index contributed by atoms with van der Waals surface area (Å²) in [6.45, 7) is 0.271. The van der Waals surface area contributed by atoms with Gasteiger partial charge in [-0.15, -0.1) is 0 Å². The van der Waals surface area contributed by atoms with Crippen molar-refractivity contribution in [2.45, 2.75) is 18.9 Å². The first-order chi connectivity index (χ1) is 8.95. The molecule has 0 saturated heterocycles. The molecule has 1 aromatic rings. The van der Waals surface area contributed by atoms with Crippen LogP contribution in [-0.2, 0) is 4.74 Å². The Morgan fingerprint density at radius 1 is 1.00 bits per heavy atom. The summed E-state index contributed by atoms with van der Waals surface area (Å²) in [6, 6.07) is -1.19. The van der Waals surface area contributed by atoms with Gasteiger partial charge in [-0.1, -0.05) is 0 Å². The van der Waals surface area contributed by atoms with Gasteiger partial charge in [0.1, 0.15) is 0 Å². The molecule has 8 heteroatoms. The summed E-state index contributed by atoms with van der Waals surface area (Å²) in [5.41, 5.74) is 1.08. The molecule has 0 spiro atoms. The van der Waals surface area contributed by atoms with Crippen LogP contribution in [0.2, 0.25) is 0 Å². The Bertz CT molecular complexity index is 426. The van der Waals surface area contributed by atoms with Gasteiger partial charge in [0.05, 0.1) is 6.04 Å². The Balaban J connectivity index is 3.16. The maximum Gasteiger partial charge on any atom is 0.200 e. The van der Waals surface area contributed by atoms with E-state index in [0.29, 0.717) is 6.42 Å². The van der Waals surface area contributed by atoms with Gasteiger partial charge in [-0.3, -0.25) is 11.3 Å². The zero-order valence-electron chi connectivity index (χ0n) is 10.1. The van der Waals surface area contributed by atoms with Crippen molar-refractivity contribution < 1.29 is 26.7 Å². The first-order valence-corrected chi connectivity index (χ1v) is 5.42. The number of hydrogen-bond acceptors (Lipinski definition) is 3. The quantitative estimate of drug-likeness (QED) is 0.210. The molecule has 0 saturated carbocycles. The van der Waals surface area contributed by atoms with E-state index in [1.807, 2.05) is 5.43 Å². The van der Waals surface area contributed by atoms with E-state index in [-0.39, 0.29) is 13.0 Å². The zero-order valence-corrected chi connectivity index (χ0v) is 10.1. The summed E-state index contributed by atoms with van der Waals surface area (Å²) >= 11 is 0. The fourth-order valence-electron chi connectivity index (χ4n) is 1.67. The number of nitrogens with one attached hydrogen (secondary N) is 1. The van der Waals surface area contributed by atoms with Gasteiger partial charge >= 0.3 is 0 Å². The highest BCUT2D eigenvalue weighted by atomic mass is 19.2. The molecule has 0 fully saturated rings. The molecule has 0 aliphatic heterocycles. The number of benzene rings is 1. The summed E-state index contributed by atoms with van der Waals surface area (Å²) < 4.78 is 70.7. The molecule has 0 aliphatic carbocycles. The third-order valence-electron chi connectivity index (χ3n) is 2.63. The normalized spacial score (nSPS) is 12.8. The van der Waals surface area contributed by atoms with Crippen LogP contribution in [0.1, 0.15) is 24.4 Å². The second-order valence-electron chi connectivity index (χ2n) is 3.84. The number of hydrazine groups is 1. The van der Waals surface area contributed by atoms with Crippen molar-refractivity contribution in [1.29, 1.82) is 0 Å². The van der Waals surface area contributed by atoms with Crippen LogP contribution < -0.4 is 11.3 Å². The van der Waals surface area contributed by atoms with Crippen molar-refractivity contribution in [3.63, 3.8) is 0 Å². The van der Waals surface area contributed by atoms with E-state index in [9.17, 15) is 22.0 Å². The van der Waals surface area contributed by atoms with Gasteiger partial charge < -0.3 is 4.74 Å². The molecule has 19 heavy (non-hydrogen) atoms. The molecule has 1 rings (SSSR count). The number of hydrogen-bond donors (Lipinski definition) is 2. The molecule has 3 nitrogen and oxygen atoms in total. The van der Waals surface area contributed by atoms with Crippen molar-refractivity contribution >= 4 is 0 Å². The van der Waals surface area contributed by atoms with Gasteiger partial charge in [0.2, 0.25) is 5.82 Å². The van der Waals surface area contributed by atoms with Crippen LogP contribution in [0.25, 0.3) is 0 Å². The largest absolute Gasteiger partial charge is 0.385 e.